The van der Waals surface area contributed by atoms with Crippen molar-refractivity contribution in [3.05, 3.63) is 34.9 Å². The molecule has 1 aromatic rings. The first kappa shape index (κ1) is 19.8. The predicted molar refractivity (Wildman–Crippen MR) is 85.3 cm³/mol. The second kappa shape index (κ2) is 7.21. The Kier molecular flexibility index (Phi) is 5.09. The van der Waals surface area contributed by atoms with Crippen LogP contribution in [0.1, 0.15) is 34.3 Å². The van der Waals surface area contributed by atoms with E-state index in [4.69, 9.17) is 0 Å². The van der Waals surface area contributed by atoms with E-state index in [1.807, 2.05) is 0 Å². The number of carbonyl (C=O) groups excluding carboxylic acids is 4. The molecule has 2 aliphatic heterocycles. The molecular weight excluding hydrogens is 386 g/mol. The topological polar surface area (TPSA) is 95.6 Å². The van der Waals surface area contributed by atoms with Crippen LogP contribution in [0.3, 0.4) is 0 Å². The highest BCUT2D eigenvalue weighted by atomic mass is 19.3. The number of fused-ring (bicyclic) bond motifs is 1. The van der Waals surface area contributed by atoms with Crippen molar-refractivity contribution in [3.8, 4) is 0 Å². The normalized spacial score (nSPS) is 19.7. The first-order valence-corrected chi connectivity index (χ1v) is 8.32. The fraction of sp³-hybridized carbons (Fsp3) is 0.412. The van der Waals surface area contributed by atoms with E-state index in [1.165, 1.54) is 23.1 Å². The highest BCUT2D eigenvalue weighted by Crippen LogP contribution is 2.28. The zero-order chi connectivity index (χ0) is 20.6. The number of piperidine rings is 1. The van der Waals surface area contributed by atoms with Crippen molar-refractivity contribution in [2.75, 3.05) is 0 Å². The summed E-state index contributed by atoms with van der Waals surface area (Å²) in [5.74, 6) is -8.29. The minimum Gasteiger partial charge on any atom is -0.347 e. The van der Waals surface area contributed by atoms with Gasteiger partial charge in [0.25, 0.3) is 11.8 Å². The summed E-state index contributed by atoms with van der Waals surface area (Å²) in [7, 11) is 0. The van der Waals surface area contributed by atoms with Crippen LogP contribution >= 0.6 is 0 Å². The zero-order valence-electron chi connectivity index (χ0n) is 14.3. The Morgan fingerprint density at radius 3 is 2.64 bits per heavy atom. The Balaban J connectivity index is 1.69. The van der Waals surface area contributed by atoms with Crippen molar-refractivity contribution in [2.24, 2.45) is 0 Å². The van der Waals surface area contributed by atoms with Crippen LogP contribution in [0.2, 0.25) is 0 Å². The number of amides is 4. The van der Waals surface area contributed by atoms with Gasteiger partial charge in [-0.05, 0) is 23.6 Å². The number of hydrogen-bond donors (Lipinski definition) is 2. The third-order valence-corrected chi connectivity index (χ3v) is 4.62. The van der Waals surface area contributed by atoms with Crippen LogP contribution in [0.15, 0.2) is 18.2 Å². The fourth-order valence-electron chi connectivity index (χ4n) is 3.14. The van der Waals surface area contributed by atoms with Gasteiger partial charge in [0.05, 0.1) is 0 Å². The standard InChI is InChI=1S/C17H15F4N3O4/c18-15(19)17(20,21)16(28)22-6-8-1-2-10-9(5-8)7-24(14(10)27)11-3-4-12(25)23-13(11)26/h1-2,5,11,15H,3-4,6-7H2,(H,22,28)(H,23,25,26). The van der Waals surface area contributed by atoms with Crippen molar-refractivity contribution in [2.45, 2.75) is 44.3 Å². The molecule has 1 atom stereocenters. The van der Waals surface area contributed by atoms with Crippen molar-refractivity contribution in [3.63, 3.8) is 0 Å². The number of nitrogens with zero attached hydrogens (tertiary/aromatic N) is 1. The monoisotopic (exact) mass is 401 g/mol. The van der Waals surface area contributed by atoms with Gasteiger partial charge in [0.15, 0.2) is 0 Å². The van der Waals surface area contributed by atoms with E-state index >= 15 is 0 Å². The number of carbonyl (C=O) groups is 4. The van der Waals surface area contributed by atoms with Crippen LogP contribution in [-0.2, 0) is 27.5 Å². The molecule has 150 valence electrons. The van der Waals surface area contributed by atoms with Crippen LogP contribution in [-0.4, -0.2) is 46.9 Å². The Labute approximate surface area is 156 Å². The van der Waals surface area contributed by atoms with Crippen LogP contribution < -0.4 is 10.6 Å². The molecule has 0 aromatic heterocycles. The van der Waals surface area contributed by atoms with Gasteiger partial charge in [-0.2, -0.15) is 8.78 Å². The Hall–Kier alpha value is -2.98. The van der Waals surface area contributed by atoms with Crippen LogP contribution in [0.25, 0.3) is 0 Å². The molecule has 11 heteroatoms. The summed E-state index contributed by atoms with van der Waals surface area (Å²) in [6.07, 6.45) is -3.82. The van der Waals surface area contributed by atoms with Crippen LogP contribution in [0.4, 0.5) is 17.6 Å². The van der Waals surface area contributed by atoms with Gasteiger partial charge < -0.3 is 10.2 Å². The molecule has 0 saturated carbocycles. The van der Waals surface area contributed by atoms with Gasteiger partial charge in [-0.1, -0.05) is 12.1 Å². The van der Waals surface area contributed by atoms with E-state index in [0.29, 0.717) is 16.7 Å². The van der Waals surface area contributed by atoms with Gasteiger partial charge in [0.1, 0.15) is 6.04 Å². The fourth-order valence-corrected chi connectivity index (χ4v) is 3.14. The lowest BCUT2D eigenvalue weighted by Crippen LogP contribution is -2.52. The number of imide groups is 1. The molecule has 1 saturated heterocycles. The summed E-state index contributed by atoms with van der Waals surface area (Å²) in [5.41, 5.74) is 1.13. The zero-order valence-corrected chi connectivity index (χ0v) is 14.3. The maximum absolute atomic E-state index is 13.0. The SMILES string of the molecule is O=C1CCC(N2Cc3cc(CNC(=O)C(F)(F)C(F)F)ccc3C2=O)C(=O)N1. The number of hydrogen-bond acceptors (Lipinski definition) is 4. The molecule has 0 radical (unpaired) electrons. The molecule has 1 unspecified atom stereocenters. The number of nitrogens with one attached hydrogen (secondary N) is 2. The van der Waals surface area contributed by atoms with Gasteiger partial charge in [-0.3, -0.25) is 24.5 Å². The molecule has 7 nitrogen and oxygen atoms in total. The van der Waals surface area contributed by atoms with E-state index in [1.54, 1.807) is 5.32 Å². The quantitative estimate of drug-likeness (QED) is 0.568. The first-order chi connectivity index (χ1) is 13.1. The van der Waals surface area contributed by atoms with Gasteiger partial charge in [-0.15, -0.1) is 0 Å². The van der Waals surface area contributed by atoms with Crippen molar-refractivity contribution < 1.29 is 36.7 Å². The number of rotatable bonds is 5. The molecule has 0 aliphatic carbocycles. The highest BCUT2D eigenvalue weighted by molar-refractivity contribution is 6.05. The lowest BCUT2D eigenvalue weighted by Gasteiger charge is -2.29. The smallest absolute Gasteiger partial charge is 0.347 e. The Morgan fingerprint density at radius 1 is 1.29 bits per heavy atom. The summed E-state index contributed by atoms with van der Waals surface area (Å²) in [4.78, 5) is 48.3. The van der Waals surface area contributed by atoms with Gasteiger partial charge in [0, 0.05) is 25.1 Å². The summed E-state index contributed by atoms with van der Waals surface area (Å²) < 4.78 is 50.3. The van der Waals surface area contributed by atoms with Crippen molar-refractivity contribution >= 4 is 23.6 Å². The average molecular weight is 401 g/mol. The van der Waals surface area contributed by atoms with E-state index in [2.05, 4.69) is 5.32 Å². The Bertz CT molecular complexity index is 859. The van der Waals surface area contributed by atoms with E-state index < -0.39 is 48.6 Å². The molecule has 4 amide bonds. The van der Waals surface area contributed by atoms with Gasteiger partial charge >= 0.3 is 12.3 Å². The lowest BCUT2D eigenvalue weighted by molar-refractivity contribution is -0.169. The number of alkyl halides is 4. The Morgan fingerprint density at radius 2 is 2.00 bits per heavy atom. The van der Waals surface area contributed by atoms with Gasteiger partial charge in [-0.25, -0.2) is 8.78 Å². The third-order valence-electron chi connectivity index (χ3n) is 4.62. The molecule has 2 heterocycles. The molecule has 2 aliphatic rings. The lowest BCUT2D eigenvalue weighted by atomic mass is 10.0. The summed E-state index contributed by atoms with van der Waals surface area (Å²) in [5, 5.41) is 3.91. The molecule has 1 aromatic carbocycles. The number of halogens is 4. The van der Waals surface area contributed by atoms with Crippen LogP contribution in [0, 0.1) is 0 Å². The maximum Gasteiger partial charge on any atom is 0.383 e. The summed E-state index contributed by atoms with van der Waals surface area (Å²) in [6, 6.07) is 3.48. The predicted octanol–water partition coefficient (Wildman–Crippen LogP) is 0.964. The summed E-state index contributed by atoms with van der Waals surface area (Å²) >= 11 is 0. The third kappa shape index (κ3) is 3.56. The van der Waals surface area contributed by atoms with Crippen molar-refractivity contribution in [1.82, 2.24) is 15.5 Å². The highest BCUT2D eigenvalue weighted by Gasteiger charge is 2.48. The minimum atomic E-state index is -4.80. The first-order valence-electron chi connectivity index (χ1n) is 8.32. The molecule has 3 rings (SSSR count). The van der Waals surface area contributed by atoms with Crippen LogP contribution in [0.5, 0.6) is 0 Å². The molecule has 1 fully saturated rings. The largest absolute Gasteiger partial charge is 0.383 e. The molecule has 2 N–H and O–H groups in total. The van der Waals surface area contributed by atoms with E-state index in [-0.39, 0.29) is 19.4 Å². The van der Waals surface area contributed by atoms with E-state index in [0.717, 1.165) is 0 Å². The molecule has 0 bridgehead atoms. The molecule has 28 heavy (non-hydrogen) atoms. The second-order valence-electron chi connectivity index (χ2n) is 6.50. The second-order valence-corrected chi connectivity index (χ2v) is 6.50. The summed E-state index contributed by atoms with van der Waals surface area (Å²) in [6.45, 7) is -0.365. The average Bonchev–Trinajstić information content (AvgIpc) is 2.95. The molecule has 0 spiro atoms. The maximum atomic E-state index is 13.0. The minimum absolute atomic E-state index is 0.0649. The van der Waals surface area contributed by atoms with Crippen molar-refractivity contribution in [1.29, 1.82) is 0 Å². The number of benzene rings is 1. The molecular formula is C17H15F4N3O4. The van der Waals surface area contributed by atoms with Gasteiger partial charge in [0.2, 0.25) is 11.8 Å². The van der Waals surface area contributed by atoms with E-state index in [9.17, 15) is 36.7 Å².